The summed E-state index contributed by atoms with van der Waals surface area (Å²) in [5.74, 6) is 0.139. The van der Waals surface area contributed by atoms with E-state index in [1.807, 2.05) is 6.92 Å². The van der Waals surface area contributed by atoms with Crippen molar-refractivity contribution in [2.75, 3.05) is 5.32 Å². The van der Waals surface area contributed by atoms with E-state index < -0.39 is 0 Å². The first kappa shape index (κ1) is 22.7. The highest BCUT2D eigenvalue weighted by Gasteiger charge is 2.14. The van der Waals surface area contributed by atoms with Gasteiger partial charge in [-0.3, -0.25) is 14.4 Å². The molecule has 1 unspecified atom stereocenters. The number of benzene rings is 1. The van der Waals surface area contributed by atoms with E-state index in [1.54, 1.807) is 0 Å². The minimum atomic E-state index is -0.129. The highest BCUT2D eigenvalue weighted by atomic mass is 16.5. The minimum Gasteiger partial charge on any atom is -0.429 e. The first-order valence-corrected chi connectivity index (χ1v) is 9.77. The maximum absolute atomic E-state index is 12.4. The number of hydrogen-bond donors (Lipinski definition) is 1. The Kier molecular flexibility index (Phi) is 11.6. The van der Waals surface area contributed by atoms with Gasteiger partial charge in [0.2, 0.25) is 5.91 Å². The smallest absolute Gasteiger partial charge is 0.298 e. The second-order valence-electron chi connectivity index (χ2n) is 6.78. The van der Waals surface area contributed by atoms with Gasteiger partial charge in [0.15, 0.2) is 0 Å². The van der Waals surface area contributed by atoms with Crippen LogP contribution in [0.15, 0.2) is 18.2 Å². The van der Waals surface area contributed by atoms with Crippen molar-refractivity contribution in [3.63, 3.8) is 0 Å². The zero-order chi connectivity index (χ0) is 19.9. The summed E-state index contributed by atoms with van der Waals surface area (Å²) in [7, 11) is 0. The van der Waals surface area contributed by atoms with Gasteiger partial charge in [-0.05, 0) is 6.42 Å². The number of amides is 1. The Morgan fingerprint density at radius 1 is 0.926 bits per heavy atom. The van der Waals surface area contributed by atoms with Crippen LogP contribution in [0.1, 0.15) is 71.6 Å². The molecule has 0 fully saturated rings. The van der Waals surface area contributed by atoms with Gasteiger partial charge in [-0.1, -0.05) is 65.2 Å². The summed E-state index contributed by atoms with van der Waals surface area (Å²) in [5, 5.41) is 2.78. The third kappa shape index (κ3) is 9.78. The second-order valence-corrected chi connectivity index (χ2v) is 6.78. The minimum absolute atomic E-state index is 0.113. The Labute approximate surface area is 161 Å². The number of nitrogens with one attached hydrogen (secondary N) is 1. The molecule has 1 aromatic carbocycles. The average Bonchev–Trinajstić information content (AvgIpc) is 2.64. The van der Waals surface area contributed by atoms with E-state index >= 15 is 0 Å². The SMILES string of the molecule is CCCCCCCCCCC(C)C(=O)Nc1cc(OC=O)cc(OC=O)c1. The summed E-state index contributed by atoms with van der Waals surface area (Å²) in [6.07, 6.45) is 10.7. The van der Waals surface area contributed by atoms with Crippen LogP contribution in [-0.2, 0) is 14.4 Å². The van der Waals surface area contributed by atoms with Crippen molar-refractivity contribution < 1.29 is 23.9 Å². The van der Waals surface area contributed by atoms with Crippen molar-refractivity contribution in [1.29, 1.82) is 0 Å². The zero-order valence-electron chi connectivity index (χ0n) is 16.4. The van der Waals surface area contributed by atoms with Gasteiger partial charge < -0.3 is 14.8 Å². The molecule has 1 rings (SSSR count). The number of anilines is 1. The lowest BCUT2D eigenvalue weighted by molar-refractivity contribution is -0.121. The van der Waals surface area contributed by atoms with Gasteiger partial charge in [0.1, 0.15) is 11.5 Å². The first-order chi connectivity index (χ1) is 13.1. The van der Waals surface area contributed by atoms with E-state index in [9.17, 15) is 14.4 Å². The third-order valence-corrected chi connectivity index (χ3v) is 4.45. The molecule has 6 nitrogen and oxygen atoms in total. The highest BCUT2D eigenvalue weighted by Crippen LogP contribution is 2.26. The van der Waals surface area contributed by atoms with Gasteiger partial charge in [-0.15, -0.1) is 0 Å². The molecule has 6 heteroatoms. The molecule has 0 saturated heterocycles. The van der Waals surface area contributed by atoms with Crippen molar-refractivity contribution in [2.45, 2.75) is 71.6 Å². The maximum Gasteiger partial charge on any atom is 0.298 e. The summed E-state index contributed by atoms with van der Waals surface area (Å²) < 4.78 is 9.55. The molecule has 150 valence electrons. The number of ether oxygens (including phenoxy) is 2. The van der Waals surface area contributed by atoms with Crippen LogP contribution in [-0.4, -0.2) is 18.9 Å². The number of unbranched alkanes of at least 4 members (excludes halogenated alkanes) is 7. The first-order valence-electron chi connectivity index (χ1n) is 9.77. The Morgan fingerprint density at radius 2 is 1.44 bits per heavy atom. The molecule has 1 amide bonds. The summed E-state index contributed by atoms with van der Waals surface area (Å²) in [6, 6.07) is 4.41. The number of carbonyl (C=O) groups is 3. The molecular formula is C21H31NO5. The number of hydrogen-bond acceptors (Lipinski definition) is 5. The molecule has 0 aliphatic carbocycles. The average molecular weight is 377 g/mol. The van der Waals surface area contributed by atoms with Crippen LogP contribution < -0.4 is 14.8 Å². The van der Waals surface area contributed by atoms with Crippen LogP contribution in [0.25, 0.3) is 0 Å². The van der Waals surface area contributed by atoms with Gasteiger partial charge in [0, 0.05) is 29.8 Å². The van der Waals surface area contributed by atoms with E-state index in [0.29, 0.717) is 5.69 Å². The van der Waals surface area contributed by atoms with Crippen molar-refractivity contribution in [1.82, 2.24) is 0 Å². The fourth-order valence-corrected chi connectivity index (χ4v) is 2.87. The van der Waals surface area contributed by atoms with Crippen LogP contribution in [0.5, 0.6) is 11.5 Å². The molecule has 27 heavy (non-hydrogen) atoms. The monoisotopic (exact) mass is 377 g/mol. The molecule has 0 aromatic heterocycles. The van der Waals surface area contributed by atoms with Crippen molar-refractivity contribution >= 4 is 24.5 Å². The van der Waals surface area contributed by atoms with Crippen LogP contribution in [0, 0.1) is 5.92 Å². The summed E-state index contributed by atoms with van der Waals surface area (Å²) in [4.78, 5) is 33.4. The van der Waals surface area contributed by atoms with Crippen LogP contribution in [0.2, 0.25) is 0 Å². The van der Waals surface area contributed by atoms with Crippen LogP contribution >= 0.6 is 0 Å². The molecule has 1 N–H and O–H groups in total. The molecule has 1 atom stereocenters. The highest BCUT2D eigenvalue weighted by molar-refractivity contribution is 5.92. The quantitative estimate of drug-likeness (QED) is 0.348. The Balaban J connectivity index is 2.41. The lowest BCUT2D eigenvalue weighted by atomic mass is 10.0. The molecular weight excluding hydrogens is 346 g/mol. The molecule has 0 heterocycles. The summed E-state index contributed by atoms with van der Waals surface area (Å²) in [6.45, 7) is 4.66. The van der Waals surface area contributed by atoms with Gasteiger partial charge in [-0.25, -0.2) is 0 Å². The standard InChI is InChI=1S/C21H31NO5/c1-3-4-5-6-7-8-9-10-11-17(2)21(25)22-18-12-19(26-15-23)14-20(13-18)27-16-24/h12-17H,3-11H2,1-2H3,(H,22,25). The van der Waals surface area contributed by atoms with E-state index in [1.165, 1.54) is 56.7 Å². The number of rotatable bonds is 15. The molecule has 0 spiro atoms. The van der Waals surface area contributed by atoms with Crippen molar-refractivity contribution in [2.24, 2.45) is 5.92 Å². The van der Waals surface area contributed by atoms with Crippen LogP contribution in [0.3, 0.4) is 0 Å². The van der Waals surface area contributed by atoms with Gasteiger partial charge in [-0.2, -0.15) is 0 Å². The predicted molar refractivity (Wildman–Crippen MR) is 105 cm³/mol. The van der Waals surface area contributed by atoms with Gasteiger partial charge in [0.25, 0.3) is 12.9 Å². The second kappa shape index (κ2) is 13.8. The summed E-state index contributed by atoms with van der Waals surface area (Å²) in [5.41, 5.74) is 0.416. The van der Waals surface area contributed by atoms with E-state index in [2.05, 4.69) is 12.2 Å². The van der Waals surface area contributed by atoms with Crippen molar-refractivity contribution in [3.8, 4) is 11.5 Å². The third-order valence-electron chi connectivity index (χ3n) is 4.45. The molecule has 0 aliphatic heterocycles. The van der Waals surface area contributed by atoms with E-state index in [0.717, 1.165) is 19.3 Å². The fourth-order valence-electron chi connectivity index (χ4n) is 2.87. The largest absolute Gasteiger partial charge is 0.429 e. The molecule has 1 aromatic rings. The normalized spacial score (nSPS) is 11.5. The van der Waals surface area contributed by atoms with Gasteiger partial charge >= 0.3 is 0 Å². The number of carbonyl (C=O) groups excluding carboxylic acids is 3. The summed E-state index contributed by atoms with van der Waals surface area (Å²) >= 11 is 0. The fraction of sp³-hybridized carbons (Fsp3) is 0.571. The molecule has 0 aliphatic rings. The van der Waals surface area contributed by atoms with E-state index in [-0.39, 0.29) is 36.3 Å². The topological polar surface area (TPSA) is 81.7 Å². The molecule has 0 radical (unpaired) electrons. The van der Waals surface area contributed by atoms with Crippen molar-refractivity contribution in [3.05, 3.63) is 18.2 Å². The van der Waals surface area contributed by atoms with Crippen LogP contribution in [0.4, 0.5) is 5.69 Å². The zero-order valence-corrected chi connectivity index (χ0v) is 16.4. The maximum atomic E-state index is 12.4. The molecule has 0 saturated carbocycles. The lowest BCUT2D eigenvalue weighted by Gasteiger charge is -2.13. The van der Waals surface area contributed by atoms with Gasteiger partial charge in [0.05, 0.1) is 0 Å². The van der Waals surface area contributed by atoms with E-state index in [4.69, 9.17) is 9.47 Å². The Morgan fingerprint density at radius 3 is 1.96 bits per heavy atom. The lowest BCUT2D eigenvalue weighted by Crippen LogP contribution is -2.20. The molecule has 0 bridgehead atoms. The predicted octanol–water partition coefficient (Wildman–Crippen LogP) is 4.86. The Hall–Kier alpha value is -2.37. The Bertz CT molecular complexity index is 560.